The molecule has 2 aromatic carbocycles. The Kier molecular flexibility index (Phi) is 7.27. The Morgan fingerprint density at radius 1 is 1.19 bits per heavy atom. The Morgan fingerprint density at radius 2 is 1.85 bits per heavy atom. The minimum absolute atomic E-state index is 0.0433. The van der Waals surface area contributed by atoms with Crippen molar-refractivity contribution in [2.75, 3.05) is 18.5 Å². The molecule has 0 fully saturated rings. The number of hydrogen-bond acceptors (Lipinski definition) is 4. The topological polar surface area (TPSA) is 71.3 Å². The van der Waals surface area contributed by atoms with Crippen molar-refractivity contribution in [3.05, 3.63) is 58.1 Å². The van der Waals surface area contributed by atoms with Gasteiger partial charge in [0.05, 0.1) is 18.2 Å². The van der Waals surface area contributed by atoms with Crippen LogP contribution in [0, 0.1) is 18.3 Å². The van der Waals surface area contributed by atoms with E-state index in [4.69, 9.17) is 21.1 Å². The van der Waals surface area contributed by atoms with E-state index in [-0.39, 0.29) is 5.57 Å². The van der Waals surface area contributed by atoms with Gasteiger partial charge in [0.2, 0.25) is 0 Å². The summed E-state index contributed by atoms with van der Waals surface area (Å²) in [7, 11) is 0. The first-order valence-electron chi connectivity index (χ1n) is 8.57. The number of benzene rings is 2. The highest BCUT2D eigenvalue weighted by molar-refractivity contribution is 6.32. The van der Waals surface area contributed by atoms with Crippen molar-refractivity contribution in [3.63, 3.8) is 0 Å². The van der Waals surface area contributed by atoms with E-state index in [1.165, 1.54) is 6.08 Å². The van der Waals surface area contributed by atoms with Gasteiger partial charge in [0.1, 0.15) is 11.6 Å². The first-order valence-corrected chi connectivity index (χ1v) is 8.95. The quantitative estimate of drug-likeness (QED) is 0.539. The van der Waals surface area contributed by atoms with Crippen molar-refractivity contribution in [2.45, 2.75) is 20.8 Å². The third-order valence-electron chi connectivity index (χ3n) is 3.61. The third-order valence-corrected chi connectivity index (χ3v) is 3.89. The fourth-order valence-corrected chi connectivity index (χ4v) is 2.64. The van der Waals surface area contributed by atoms with Crippen molar-refractivity contribution < 1.29 is 14.3 Å². The molecule has 6 heteroatoms. The summed E-state index contributed by atoms with van der Waals surface area (Å²) in [6.07, 6.45) is 1.47. The maximum Gasteiger partial charge on any atom is 0.266 e. The molecule has 2 aromatic rings. The van der Waals surface area contributed by atoms with E-state index >= 15 is 0 Å². The standard InChI is InChI=1S/C21H21ClN2O3/c1-4-26-19-12-15(11-18(22)20(19)27-5-2)10-16(13-23)21(25)24-17-8-6-14(3)7-9-17/h6-12H,4-5H2,1-3H3,(H,24,25). The summed E-state index contributed by atoms with van der Waals surface area (Å²) >= 11 is 6.28. The number of nitrogens with zero attached hydrogens (tertiary/aromatic N) is 1. The van der Waals surface area contributed by atoms with Crippen molar-refractivity contribution in [2.24, 2.45) is 0 Å². The van der Waals surface area contributed by atoms with Gasteiger partial charge in [-0.2, -0.15) is 5.26 Å². The number of halogens is 1. The molecular formula is C21H21ClN2O3. The number of amides is 1. The number of rotatable bonds is 7. The lowest BCUT2D eigenvalue weighted by molar-refractivity contribution is -0.112. The second-order valence-electron chi connectivity index (χ2n) is 5.69. The van der Waals surface area contributed by atoms with Crippen LogP contribution in [0.3, 0.4) is 0 Å². The number of carbonyl (C=O) groups is 1. The third kappa shape index (κ3) is 5.50. The van der Waals surface area contributed by atoms with Gasteiger partial charge < -0.3 is 14.8 Å². The van der Waals surface area contributed by atoms with Crippen molar-refractivity contribution in [3.8, 4) is 17.6 Å². The fourth-order valence-electron chi connectivity index (χ4n) is 2.37. The molecular weight excluding hydrogens is 364 g/mol. The number of hydrogen-bond donors (Lipinski definition) is 1. The summed E-state index contributed by atoms with van der Waals surface area (Å²) in [5, 5.41) is 12.5. The first-order chi connectivity index (χ1) is 13.0. The summed E-state index contributed by atoms with van der Waals surface area (Å²) in [5.74, 6) is 0.416. The van der Waals surface area contributed by atoms with E-state index < -0.39 is 5.91 Å². The summed E-state index contributed by atoms with van der Waals surface area (Å²) in [6, 6.07) is 12.6. The van der Waals surface area contributed by atoms with E-state index in [0.717, 1.165) is 5.56 Å². The van der Waals surface area contributed by atoms with Gasteiger partial charge in [0.15, 0.2) is 11.5 Å². The van der Waals surface area contributed by atoms with E-state index in [1.807, 2.05) is 39.0 Å². The van der Waals surface area contributed by atoms with Crippen LogP contribution in [0.1, 0.15) is 25.0 Å². The van der Waals surface area contributed by atoms with E-state index in [0.29, 0.717) is 41.0 Å². The van der Waals surface area contributed by atoms with Crippen LogP contribution in [0.25, 0.3) is 6.08 Å². The smallest absolute Gasteiger partial charge is 0.266 e. The molecule has 0 aliphatic carbocycles. The Labute approximate surface area is 164 Å². The SMILES string of the molecule is CCOc1cc(C=C(C#N)C(=O)Nc2ccc(C)cc2)cc(Cl)c1OCC. The normalized spacial score (nSPS) is 10.9. The van der Waals surface area contributed by atoms with E-state index in [2.05, 4.69) is 5.32 Å². The Balaban J connectivity index is 2.31. The number of anilines is 1. The van der Waals surface area contributed by atoms with Gasteiger partial charge in [0, 0.05) is 5.69 Å². The van der Waals surface area contributed by atoms with Gasteiger partial charge in [-0.1, -0.05) is 29.3 Å². The molecule has 27 heavy (non-hydrogen) atoms. The molecule has 140 valence electrons. The zero-order valence-corrected chi connectivity index (χ0v) is 16.3. The predicted molar refractivity (Wildman–Crippen MR) is 107 cm³/mol. The maximum absolute atomic E-state index is 12.4. The van der Waals surface area contributed by atoms with Crippen molar-refractivity contribution in [1.82, 2.24) is 0 Å². The zero-order valence-electron chi connectivity index (χ0n) is 15.5. The summed E-state index contributed by atoms with van der Waals surface area (Å²) in [4.78, 5) is 12.4. The lowest BCUT2D eigenvalue weighted by Crippen LogP contribution is -2.13. The Bertz CT molecular complexity index is 884. The van der Waals surface area contributed by atoms with Crippen LogP contribution in [0.2, 0.25) is 5.02 Å². The van der Waals surface area contributed by atoms with Crippen molar-refractivity contribution >= 4 is 29.3 Å². The van der Waals surface area contributed by atoms with E-state index in [1.54, 1.807) is 24.3 Å². The molecule has 0 atom stereocenters. The predicted octanol–water partition coefficient (Wildman–Crippen LogP) is 4.99. The Hall–Kier alpha value is -2.97. The van der Waals surface area contributed by atoms with Crippen LogP contribution in [0.15, 0.2) is 42.0 Å². The number of carbonyl (C=O) groups excluding carboxylic acids is 1. The molecule has 0 bridgehead atoms. The van der Waals surface area contributed by atoms with Crippen LogP contribution in [0.4, 0.5) is 5.69 Å². The largest absolute Gasteiger partial charge is 0.490 e. The summed E-state index contributed by atoms with van der Waals surface area (Å²) < 4.78 is 11.1. The second kappa shape index (κ2) is 9.65. The molecule has 0 heterocycles. The molecule has 0 spiro atoms. The molecule has 2 rings (SSSR count). The molecule has 1 N–H and O–H groups in total. The average Bonchev–Trinajstić information content (AvgIpc) is 2.64. The highest BCUT2D eigenvalue weighted by atomic mass is 35.5. The molecule has 0 saturated heterocycles. The van der Waals surface area contributed by atoms with Crippen LogP contribution >= 0.6 is 11.6 Å². The van der Waals surface area contributed by atoms with Crippen LogP contribution in [-0.2, 0) is 4.79 Å². The molecule has 0 aromatic heterocycles. The molecule has 0 saturated carbocycles. The van der Waals surface area contributed by atoms with Gasteiger partial charge in [-0.3, -0.25) is 4.79 Å². The number of aryl methyl sites for hydroxylation is 1. The molecule has 5 nitrogen and oxygen atoms in total. The molecule has 1 amide bonds. The molecule has 0 radical (unpaired) electrons. The van der Waals surface area contributed by atoms with Gasteiger partial charge in [0.25, 0.3) is 5.91 Å². The number of nitriles is 1. The number of nitrogens with one attached hydrogen (secondary N) is 1. The van der Waals surface area contributed by atoms with Gasteiger partial charge in [-0.25, -0.2) is 0 Å². The lowest BCUT2D eigenvalue weighted by Gasteiger charge is -2.13. The summed E-state index contributed by atoms with van der Waals surface area (Å²) in [6.45, 7) is 6.53. The molecule has 0 aliphatic rings. The van der Waals surface area contributed by atoms with Crippen molar-refractivity contribution in [1.29, 1.82) is 5.26 Å². The molecule has 0 aliphatic heterocycles. The monoisotopic (exact) mass is 384 g/mol. The minimum atomic E-state index is -0.496. The molecule has 0 unspecified atom stereocenters. The Morgan fingerprint density at radius 3 is 2.44 bits per heavy atom. The van der Waals surface area contributed by atoms with Crippen LogP contribution < -0.4 is 14.8 Å². The fraction of sp³-hybridized carbons (Fsp3) is 0.238. The second-order valence-corrected chi connectivity index (χ2v) is 6.09. The number of ether oxygens (including phenoxy) is 2. The maximum atomic E-state index is 12.4. The zero-order chi connectivity index (χ0) is 19.8. The van der Waals surface area contributed by atoms with Crippen LogP contribution in [0.5, 0.6) is 11.5 Å². The van der Waals surface area contributed by atoms with Gasteiger partial charge in [-0.05, 0) is 56.7 Å². The highest BCUT2D eigenvalue weighted by Gasteiger charge is 2.14. The van der Waals surface area contributed by atoms with Gasteiger partial charge in [-0.15, -0.1) is 0 Å². The summed E-state index contributed by atoms with van der Waals surface area (Å²) in [5.41, 5.74) is 2.23. The first kappa shape index (κ1) is 20.3. The van der Waals surface area contributed by atoms with E-state index in [9.17, 15) is 10.1 Å². The van der Waals surface area contributed by atoms with Crippen LogP contribution in [-0.4, -0.2) is 19.1 Å². The lowest BCUT2D eigenvalue weighted by atomic mass is 10.1. The minimum Gasteiger partial charge on any atom is -0.490 e. The van der Waals surface area contributed by atoms with Gasteiger partial charge >= 0.3 is 0 Å². The highest BCUT2D eigenvalue weighted by Crippen LogP contribution is 2.37. The average molecular weight is 385 g/mol.